The zero-order valence-electron chi connectivity index (χ0n) is 19.4. The number of nitrogen functional groups attached to an aromatic ring is 1. The fraction of sp³-hybridized carbons (Fsp3) is 0.120. The van der Waals surface area contributed by atoms with E-state index in [0.717, 1.165) is 28.0 Å². The molecule has 2 aromatic carbocycles. The summed E-state index contributed by atoms with van der Waals surface area (Å²) in [5.41, 5.74) is 11.4. The number of allylic oxidation sites excluding steroid dienone is 1. The number of anilines is 3. The molecule has 0 unspecified atom stereocenters. The maximum absolute atomic E-state index is 12.6. The van der Waals surface area contributed by atoms with E-state index >= 15 is 0 Å². The second-order valence-corrected chi connectivity index (χ2v) is 9.54. The van der Waals surface area contributed by atoms with Gasteiger partial charge in [0.2, 0.25) is 5.91 Å². The molecule has 178 valence electrons. The van der Waals surface area contributed by atoms with Crippen LogP contribution in [0.5, 0.6) is 0 Å². The normalized spacial score (nSPS) is 11.2. The van der Waals surface area contributed by atoms with Crippen LogP contribution in [-0.4, -0.2) is 29.0 Å². The Morgan fingerprint density at radius 3 is 2.63 bits per heavy atom. The number of hydrogen-bond acceptors (Lipinski definition) is 7. The highest BCUT2D eigenvalue weighted by molar-refractivity contribution is 7.23. The lowest BCUT2D eigenvalue weighted by atomic mass is 10.0. The lowest BCUT2D eigenvalue weighted by Gasteiger charge is -2.07. The number of aryl methyl sites for hydroxylation is 1. The van der Waals surface area contributed by atoms with E-state index in [1.165, 1.54) is 29.7 Å². The third-order valence-electron chi connectivity index (χ3n) is 5.14. The largest absolute Gasteiger partial charge is 0.382 e. The van der Waals surface area contributed by atoms with Crippen molar-refractivity contribution < 1.29 is 9.59 Å². The molecule has 3 amide bonds. The number of urea groups is 1. The highest BCUT2D eigenvalue weighted by Crippen LogP contribution is 2.38. The van der Waals surface area contributed by atoms with Crippen LogP contribution in [-0.2, 0) is 4.79 Å². The van der Waals surface area contributed by atoms with Crippen molar-refractivity contribution in [2.75, 3.05) is 23.4 Å². The van der Waals surface area contributed by atoms with Crippen LogP contribution in [0.4, 0.5) is 21.4 Å². The molecular weight excluding hydrogens is 480 g/mol. The molecule has 0 aliphatic carbocycles. The first-order chi connectivity index (χ1) is 16.8. The third kappa shape index (κ3) is 5.73. The number of carbonyl (C=O) groups excluding carboxylic acids is 2. The van der Waals surface area contributed by atoms with Gasteiger partial charge in [0.25, 0.3) is 0 Å². The number of benzene rings is 2. The Bertz CT molecular complexity index is 1420. The fourth-order valence-electron chi connectivity index (χ4n) is 3.43. The van der Waals surface area contributed by atoms with Crippen molar-refractivity contribution in [3.63, 3.8) is 0 Å². The third-order valence-corrected chi connectivity index (χ3v) is 7.13. The molecule has 2 aromatic heterocycles. The van der Waals surface area contributed by atoms with Crippen LogP contribution >= 0.6 is 22.7 Å². The lowest BCUT2D eigenvalue weighted by Crippen LogP contribution is -2.24. The quantitative estimate of drug-likeness (QED) is 0.254. The number of aromatic nitrogens is 2. The topological polar surface area (TPSA) is 122 Å². The summed E-state index contributed by atoms with van der Waals surface area (Å²) >= 11 is 2.69. The van der Waals surface area contributed by atoms with Crippen molar-refractivity contribution in [2.24, 2.45) is 0 Å². The molecule has 4 aromatic rings. The standard InChI is InChI=1S/C25H24N6O2S2/c1-14-7-4-5-10-18(14)15(2)11-20(32)28-17-9-6-8-16(12-17)19-13-34-23(29-19)21-22(26)30-25(35-21)31-24(33)27-3/h4-13H,26H2,1-3H3,(H,28,32)(H2,27,30,31,33). The first-order valence-electron chi connectivity index (χ1n) is 10.7. The smallest absolute Gasteiger partial charge is 0.320 e. The minimum absolute atomic E-state index is 0.199. The molecule has 2 heterocycles. The number of rotatable bonds is 6. The Morgan fingerprint density at radius 2 is 1.86 bits per heavy atom. The molecule has 10 heteroatoms. The van der Waals surface area contributed by atoms with Crippen LogP contribution in [0.15, 0.2) is 60.0 Å². The SMILES string of the molecule is CNC(=O)Nc1nc(N)c(-c2nc(-c3cccc(NC(=O)C=C(C)c4ccccc4C)c3)cs2)s1. The van der Waals surface area contributed by atoms with Crippen molar-refractivity contribution in [3.05, 3.63) is 71.1 Å². The maximum Gasteiger partial charge on any atom is 0.320 e. The van der Waals surface area contributed by atoms with Crippen LogP contribution in [0.2, 0.25) is 0 Å². The highest BCUT2D eigenvalue weighted by Gasteiger charge is 2.16. The van der Waals surface area contributed by atoms with Gasteiger partial charge < -0.3 is 16.4 Å². The fourth-order valence-corrected chi connectivity index (χ4v) is 5.24. The van der Waals surface area contributed by atoms with Crippen LogP contribution in [0, 0.1) is 6.92 Å². The van der Waals surface area contributed by atoms with E-state index < -0.39 is 0 Å². The predicted molar refractivity (Wildman–Crippen MR) is 145 cm³/mol. The summed E-state index contributed by atoms with van der Waals surface area (Å²) in [7, 11) is 1.53. The Morgan fingerprint density at radius 1 is 1.06 bits per heavy atom. The number of hydrogen-bond donors (Lipinski definition) is 4. The molecule has 5 N–H and O–H groups in total. The molecule has 0 aliphatic rings. The van der Waals surface area contributed by atoms with E-state index in [4.69, 9.17) is 10.7 Å². The van der Waals surface area contributed by atoms with Gasteiger partial charge in [0.05, 0.1) is 5.69 Å². The Kier molecular flexibility index (Phi) is 7.23. The molecule has 0 spiro atoms. The second-order valence-electron chi connectivity index (χ2n) is 7.69. The lowest BCUT2D eigenvalue weighted by molar-refractivity contribution is -0.111. The van der Waals surface area contributed by atoms with Crippen molar-refractivity contribution in [1.82, 2.24) is 15.3 Å². The van der Waals surface area contributed by atoms with Crippen molar-refractivity contribution in [1.29, 1.82) is 0 Å². The van der Waals surface area contributed by atoms with Gasteiger partial charge in [0.1, 0.15) is 15.7 Å². The summed E-state index contributed by atoms with van der Waals surface area (Å²) < 4.78 is 0. The van der Waals surface area contributed by atoms with Gasteiger partial charge in [-0.25, -0.2) is 14.8 Å². The first-order valence-corrected chi connectivity index (χ1v) is 12.4. The van der Waals surface area contributed by atoms with E-state index in [1.807, 2.05) is 67.8 Å². The van der Waals surface area contributed by atoms with Gasteiger partial charge in [0, 0.05) is 29.8 Å². The molecule has 4 rings (SSSR count). The van der Waals surface area contributed by atoms with Crippen LogP contribution in [0.1, 0.15) is 18.1 Å². The van der Waals surface area contributed by atoms with Crippen molar-refractivity contribution in [2.45, 2.75) is 13.8 Å². The number of amides is 3. The summed E-state index contributed by atoms with van der Waals surface area (Å²) in [4.78, 5) is 33.7. The molecule has 35 heavy (non-hydrogen) atoms. The molecule has 0 saturated heterocycles. The molecule has 0 radical (unpaired) electrons. The summed E-state index contributed by atoms with van der Waals surface area (Å²) in [6.45, 7) is 3.95. The second kappa shape index (κ2) is 10.5. The molecular formula is C25H24N6O2S2. The van der Waals surface area contributed by atoms with E-state index in [-0.39, 0.29) is 11.9 Å². The van der Waals surface area contributed by atoms with Gasteiger partial charge in [-0.15, -0.1) is 11.3 Å². The van der Waals surface area contributed by atoms with Gasteiger partial charge in [-0.1, -0.05) is 47.7 Å². The molecule has 8 nitrogen and oxygen atoms in total. The van der Waals surface area contributed by atoms with Crippen LogP contribution in [0.25, 0.3) is 26.7 Å². The maximum atomic E-state index is 12.6. The van der Waals surface area contributed by atoms with Gasteiger partial charge in [-0.3, -0.25) is 10.1 Å². The van der Waals surface area contributed by atoms with Crippen LogP contribution in [0.3, 0.4) is 0 Å². The molecule has 0 aliphatic heterocycles. The van der Waals surface area contributed by atoms with Gasteiger partial charge in [0.15, 0.2) is 5.13 Å². The highest BCUT2D eigenvalue weighted by atomic mass is 32.1. The monoisotopic (exact) mass is 504 g/mol. The number of thiazole rings is 2. The zero-order chi connectivity index (χ0) is 24.9. The molecule has 0 bridgehead atoms. The summed E-state index contributed by atoms with van der Waals surface area (Å²) in [6.07, 6.45) is 1.60. The summed E-state index contributed by atoms with van der Waals surface area (Å²) in [5.74, 6) is 0.106. The van der Waals surface area contributed by atoms with E-state index in [2.05, 4.69) is 20.9 Å². The number of nitrogens with zero attached hydrogens (tertiary/aromatic N) is 2. The average molecular weight is 505 g/mol. The number of nitrogens with one attached hydrogen (secondary N) is 3. The molecule has 0 saturated carbocycles. The average Bonchev–Trinajstić information content (AvgIpc) is 3.46. The van der Waals surface area contributed by atoms with E-state index in [1.54, 1.807) is 6.08 Å². The van der Waals surface area contributed by atoms with Gasteiger partial charge in [-0.2, -0.15) is 0 Å². The molecule has 0 atom stereocenters. The van der Waals surface area contributed by atoms with Gasteiger partial charge >= 0.3 is 6.03 Å². The Balaban J connectivity index is 1.50. The number of nitrogens with two attached hydrogens (primary N) is 1. The minimum Gasteiger partial charge on any atom is -0.382 e. The van der Waals surface area contributed by atoms with E-state index in [9.17, 15) is 9.59 Å². The minimum atomic E-state index is -0.368. The predicted octanol–water partition coefficient (Wildman–Crippen LogP) is 5.62. The summed E-state index contributed by atoms with van der Waals surface area (Å²) in [5, 5.41) is 11.0. The Labute approximate surface area is 211 Å². The van der Waals surface area contributed by atoms with Crippen molar-refractivity contribution in [3.8, 4) is 21.1 Å². The first kappa shape index (κ1) is 24.1. The Hall–Kier alpha value is -4.02. The van der Waals surface area contributed by atoms with E-state index in [0.29, 0.717) is 26.5 Å². The number of carbonyl (C=O) groups is 2. The zero-order valence-corrected chi connectivity index (χ0v) is 21.0. The molecule has 0 fully saturated rings. The summed E-state index contributed by atoms with van der Waals surface area (Å²) in [6, 6.07) is 15.1. The van der Waals surface area contributed by atoms with Crippen molar-refractivity contribution >= 4 is 56.8 Å². The van der Waals surface area contributed by atoms with Gasteiger partial charge in [-0.05, 0) is 42.7 Å². The van der Waals surface area contributed by atoms with Crippen LogP contribution < -0.4 is 21.7 Å².